The van der Waals surface area contributed by atoms with Crippen LogP contribution < -0.4 is 0 Å². The molecule has 0 aromatic carbocycles. The van der Waals surface area contributed by atoms with Gasteiger partial charge in [-0.1, -0.05) is 19.7 Å². The molecule has 0 amide bonds. The van der Waals surface area contributed by atoms with Gasteiger partial charge in [0, 0.05) is 18.0 Å². The van der Waals surface area contributed by atoms with Gasteiger partial charge in [-0.3, -0.25) is 4.57 Å². The van der Waals surface area contributed by atoms with Crippen molar-refractivity contribution in [1.29, 1.82) is 0 Å². The molecule has 0 bridgehead atoms. The first-order valence-electron chi connectivity index (χ1n) is 6.58. The maximum atomic E-state index is 12.2. The second kappa shape index (κ2) is 10.4. The molecule has 0 rings (SSSR count). The first-order valence-corrected chi connectivity index (χ1v) is 11.3. The Morgan fingerprint density at radius 1 is 0.808 bits per heavy atom. The fourth-order valence-electron chi connectivity index (χ4n) is 1.07. The van der Waals surface area contributed by atoms with Crippen molar-refractivity contribution in [2.24, 2.45) is 0 Å². The summed E-state index contributed by atoms with van der Waals surface area (Å²) in [6, 6.07) is 0. The fraction of sp³-hybridized carbons (Fsp3) is 0.333. The van der Waals surface area contributed by atoms with Crippen LogP contribution in [0.5, 0.6) is 0 Å². The smallest absolute Gasteiger partial charge is 0.382 e. The number of hydrogen-bond acceptors (Lipinski definition) is 11. The van der Waals surface area contributed by atoms with Crippen LogP contribution in [-0.4, -0.2) is 53.5 Å². The molecular formula is C12H17O11PS2. The first-order chi connectivity index (χ1) is 11.9. The van der Waals surface area contributed by atoms with E-state index in [9.17, 15) is 31.0 Å². The van der Waals surface area contributed by atoms with Crippen LogP contribution >= 0.6 is 7.60 Å². The molecule has 0 atom stereocenters. The Kier molecular flexibility index (Phi) is 9.67. The van der Waals surface area contributed by atoms with Gasteiger partial charge < -0.3 is 9.47 Å². The van der Waals surface area contributed by atoms with Crippen molar-refractivity contribution >= 4 is 39.8 Å². The highest BCUT2D eigenvalue weighted by Crippen LogP contribution is 2.52. The predicted molar refractivity (Wildman–Crippen MR) is 89.9 cm³/mol. The van der Waals surface area contributed by atoms with Crippen molar-refractivity contribution in [3.05, 3.63) is 37.7 Å². The molecular weight excluding hydrogens is 415 g/mol. The molecule has 0 saturated heterocycles. The van der Waals surface area contributed by atoms with Gasteiger partial charge in [0.15, 0.2) is 0 Å². The highest BCUT2D eigenvalue weighted by molar-refractivity contribution is 7.95. The predicted octanol–water partition coefficient (Wildman–Crippen LogP) is 0.474. The largest absolute Gasteiger partial charge is 0.461 e. The summed E-state index contributed by atoms with van der Waals surface area (Å²) in [5.41, 5.74) is 0. The molecule has 0 radical (unpaired) electrons. The van der Waals surface area contributed by atoms with E-state index in [0.717, 1.165) is 12.2 Å². The molecule has 0 unspecified atom stereocenters. The normalized spacial score (nSPS) is 12.0. The molecule has 0 fully saturated rings. The Hall–Kier alpha value is -1.79. The second-order valence-corrected chi connectivity index (χ2v) is 9.82. The van der Waals surface area contributed by atoms with Gasteiger partial charge in [0.2, 0.25) is 0 Å². The summed E-state index contributed by atoms with van der Waals surface area (Å²) in [7, 11) is -14.0. The third-order valence-electron chi connectivity index (χ3n) is 2.15. The van der Waals surface area contributed by atoms with E-state index in [4.69, 9.17) is 0 Å². The van der Waals surface area contributed by atoms with Crippen LogP contribution in [0.3, 0.4) is 0 Å². The van der Waals surface area contributed by atoms with E-state index in [1.54, 1.807) is 0 Å². The van der Waals surface area contributed by atoms with Gasteiger partial charge in [-0.2, -0.15) is 24.8 Å². The quantitative estimate of drug-likeness (QED) is 0.226. The van der Waals surface area contributed by atoms with E-state index in [1.807, 2.05) is 0 Å². The van der Waals surface area contributed by atoms with Crippen LogP contribution in [0.1, 0.15) is 0 Å². The van der Waals surface area contributed by atoms with Gasteiger partial charge in [-0.05, 0) is 0 Å². The minimum atomic E-state index is -4.82. The number of ether oxygens (including phenoxy) is 2. The summed E-state index contributed by atoms with van der Waals surface area (Å²) in [5.74, 6) is -3.29. The van der Waals surface area contributed by atoms with Crippen molar-refractivity contribution in [3.63, 3.8) is 0 Å². The van der Waals surface area contributed by atoms with E-state index < -0.39 is 64.5 Å². The SMILES string of the molecule is C=CC(=O)OCCS(=O)(=O)OP(=O)(C=C)OS(=O)(=O)CCOC(=O)C=C. The maximum Gasteiger partial charge on any atom is 0.382 e. The minimum Gasteiger partial charge on any atom is -0.461 e. The van der Waals surface area contributed by atoms with Crippen LogP contribution in [-0.2, 0) is 51.8 Å². The lowest BCUT2D eigenvalue weighted by Gasteiger charge is -2.14. The highest BCUT2D eigenvalue weighted by atomic mass is 32.2. The zero-order valence-electron chi connectivity index (χ0n) is 13.4. The molecule has 0 heterocycles. The number of carbonyl (C=O) groups excluding carboxylic acids is 2. The molecule has 0 aliphatic rings. The van der Waals surface area contributed by atoms with Gasteiger partial charge in [0.05, 0.1) is 0 Å². The molecule has 0 saturated carbocycles. The molecule has 0 spiro atoms. The van der Waals surface area contributed by atoms with E-state index in [2.05, 4.69) is 37.2 Å². The van der Waals surface area contributed by atoms with Crippen molar-refractivity contribution in [3.8, 4) is 0 Å². The summed E-state index contributed by atoms with van der Waals surface area (Å²) < 4.78 is 76.2. The van der Waals surface area contributed by atoms with E-state index >= 15 is 0 Å². The van der Waals surface area contributed by atoms with Crippen molar-refractivity contribution < 1.29 is 48.4 Å². The van der Waals surface area contributed by atoms with Crippen molar-refractivity contribution in [2.45, 2.75) is 0 Å². The maximum absolute atomic E-state index is 12.2. The van der Waals surface area contributed by atoms with E-state index in [1.165, 1.54) is 0 Å². The second-order valence-electron chi connectivity index (χ2n) is 4.14. The Labute approximate surface area is 151 Å². The zero-order chi connectivity index (χ0) is 20.4. The van der Waals surface area contributed by atoms with Gasteiger partial charge in [-0.15, -0.1) is 0 Å². The topological polar surface area (TPSA) is 156 Å². The average molecular weight is 432 g/mol. The Morgan fingerprint density at radius 3 is 1.42 bits per heavy atom. The molecule has 11 nitrogen and oxygen atoms in total. The molecule has 26 heavy (non-hydrogen) atoms. The Bertz CT molecular complexity index is 748. The zero-order valence-corrected chi connectivity index (χ0v) is 16.0. The molecule has 0 aliphatic heterocycles. The first kappa shape index (κ1) is 24.2. The Balaban J connectivity index is 4.89. The lowest BCUT2D eigenvalue weighted by molar-refractivity contribution is -0.138. The molecule has 0 aliphatic carbocycles. The monoisotopic (exact) mass is 432 g/mol. The van der Waals surface area contributed by atoms with Gasteiger partial charge in [0.25, 0.3) is 20.2 Å². The van der Waals surface area contributed by atoms with Crippen LogP contribution in [0, 0.1) is 0 Å². The number of rotatable bonds is 13. The minimum absolute atomic E-state index is 0.369. The van der Waals surface area contributed by atoms with Crippen LogP contribution in [0.2, 0.25) is 0 Å². The standard InChI is InChI=1S/C12H17O11PS2/c1-4-11(13)20-7-9-25(16,17)22-24(15,6-3)23-26(18,19)10-8-21-12(14)5-2/h4-6H,1-3,7-10H2. The molecule has 14 heteroatoms. The lowest BCUT2D eigenvalue weighted by Crippen LogP contribution is -2.19. The summed E-state index contributed by atoms with van der Waals surface area (Å²) in [6.45, 7) is 7.88. The average Bonchev–Trinajstić information content (AvgIpc) is 2.52. The molecule has 0 N–H and O–H groups in total. The molecule has 148 valence electrons. The summed E-state index contributed by atoms with van der Waals surface area (Å²) in [4.78, 5) is 21.6. The van der Waals surface area contributed by atoms with Crippen LogP contribution in [0.4, 0.5) is 0 Å². The summed E-state index contributed by atoms with van der Waals surface area (Å²) in [5, 5.41) is 0. The number of carbonyl (C=O) groups is 2. The van der Waals surface area contributed by atoms with E-state index in [0.29, 0.717) is 5.82 Å². The van der Waals surface area contributed by atoms with Gasteiger partial charge in [-0.25, -0.2) is 9.59 Å². The lowest BCUT2D eigenvalue weighted by atomic mass is 10.6. The van der Waals surface area contributed by atoms with Gasteiger partial charge in [0.1, 0.15) is 24.7 Å². The van der Waals surface area contributed by atoms with Crippen molar-refractivity contribution in [1.82, 2.24) is 0 Å². The van der Waals surface area contributed by atoms with Crippen LogP contribution in [0.25, 0.3) is 0 Å². The van der Waals surface area contributed by atoms with Crippen molar-refractivity contribution in [2.75, 3.05) is 24.7 Å². The highest BCUT2D eigenvalue weighted by Gasteiger charge is 2.34. The molecule has 0 aromatic heterocycles. The summed E-state index contributed by atoms with van der Waals surface area (Å²) in [6.07, 6.45) is 1.58. The van der Waals surface area contributed by atoms with Gasteiger partial charge >= 0.3 is 19.5 Å². The number of esters is 2. The summed E-state index contributed by atoms with van der Waals surface area (Å²) >= 11 is 0. The third-order valence-corrected chi connectivity index (χ3v) is 7.41. The van der Waals surface area contributed by atoms with Crippen LogP contribution in [0.15, 0.2) is 37.7 Å². The number of hydrogen-bond donors (Lipinski definition) is 0. The van der Waals surface area contributed by atoms with E-state index in [-0.39, 0.29) is 0 Å². The molecule has 0 aromatic rings. The third kappa shape index (κ3) is 10.3. The Morgan fingerprint density at radius 2 is 1.15 bits per heavy atom. The fourth-order valence-corrected chi connectivity index (χ4v) is 5.58.